The van der Waals surface area contributed by atoms with E-state index in [1.807, 2.05) is 0 Å². The Hall–Kier alpha value is -1.31. The molecule has 0 atom stereocenters. The van der Waals surface area contributed by atoms with Gasteiger partial charge in [-0.3, -0.25) is 4.99 Å². The summed E-state index contributed by atoms with van der Waals surface area (Å²) in [4.78, 5) is 4.66. The second-order valence-corrected chi connectivity index (χ2v) is 4.52. The maximum Gasteiger partial charge on any atom is 0.137 e. The zero-order valence-electron chi connectivity index (χ0n) is 10.7. The molecule has 0 saturated heterocycles. The summed E-state index contributed by atoms with van der Waals surface area (Å²) in [5.74, 6) is 0.639. The second kappa shape index (κ2) is 5.15. The molecule has 0 bridgehead atoms. The van der Waals surface area contributed by atoms with E-state index in [0.29, 0.717) is 5.76 Å². The third-order valence-electron chi connectivity index (χ3n) is 2.51. The summed E-state index contributed by atoms with van der Waals surface area (Å²) in [5.41, 5.74) is 1.83. The van der Waals surface area contributed by atoms with Gasteiger partial charge in [-0.2, -0.15) is 0 Å². The first-order chi connectivity index (χ1) is 7.50. The lowest BCUT2D eigenvalue weighted by Crippen LogP contribution is -2.22. The van der Waals surface area contributed by atoms with Crippen molar-refractivity contribution in [2.75, 3.05) is 7.11 Å². The number of allylic oxidation sites excluding steroid dienone is 3. The largest absolute Gasteiger partial charge is 0.495 e. The van der Waals surface area contributed by atoms with Crippen molar-refractivity contribution in [2.45, 2.75) is 39.2 Å². The Bertz CT molecular complexity index is 359. The first-order valence-corrected chi connectivity index (χ1v) is 5.73. The van der Waals surface area contributed by atoms with Crippen LogP contribution in [0, 0.1) is 0 Å². The van der Waals surface area contributed by atoms with Crippen molar-refractivity contribution >= 4 is 5.71 Å². The Kier molecular flexibility index (Phi) is 4.11. The van der Waals surface area contributed by atoms with E-state index < -0.39 is 0 Å². The predicted octanol–water partition coefficient (Wildman–Crippen LogP) is 3.66. The lowest BCUT2D eigenvalue weighted by Gasteiger charge is -2.23. The molecular formula is C14H21NO. The lowest BCUT2D eigenvalue weighted by molar-refractivity contribution is 0.316. The van der Waals surface area contributed by atoms with E-state index in [1.54, 1.807) is 7.11 Å². The number of unbranched alkanes of at least 4 members (excludes halogenated alkanes) is 1. The maximum absolute atomic E-state index is 5.19. The molecule has 0 N–H and O–H groups in total. The smallest absolute Gasteiger partial charge is 0.137 e. The standard InChI is InChI=1S/C14H21NO/c1-6-7-8-12-9-10-14(3,4)15-13(12)11(2)16-5/h8-10H,2,6-7H2,1,3-5H3/b12-8-. The number of nitrogens with zero attached hydrogens (tertiary/aromatic N) is 1. The van der Waals surface area contributed by atoms with Gasteiger partial charge in [-0.05, 0) is 25.8 Å². The number of rotatable bonds is 4. The fourth-order valence-electron chi connectivity index (χ4n) is 1.55. The van der Waals surface area contributed by atoms with Crippen LogP contribution in [0.1, 0.15) is 33.6 Å². The van der Waals surface area contributed by atoms with Crippen molar-refractivity contribution in [3.05, 3.63) is 36.1 Å². The van der Waals surface area contributed by atoms with Gasteiger partial charge >= 0.3 is 0 Å². The van der Waals surface area contributed by atoms with E-state index in [2.05, 4.69) is 50.6 Å². The molecule has 16 heavy (non-hydrogen) atoms. The summed E-state index contributed by atoms with van der Waals surface area (Å²) >= 11 is 0. The van der Waals surface area contributed by atoms with E-state index in [0.717, 1.165) is 24.1 Å². The van der Waals surface area contributed by atoms with Crippen LogP contribution in [-0.4, -0.2) is 18.4 Å². The molecule has 0 saturated carbocycles. The molecule has 88 valence electrons. The quantitative estimate of drug-likeness (QED) is 0.661. The highest BCUT2D eigenvalue weighted by atomic mass is 16.5. The average Bonchev–Trinajstić information content (AvgIpc) is 2.25. The number of hydrogen-bond donors (Lipinski definition) is 0. The van der Waals surface area contributed by atoms with Gasteiger partial charge in [-0.25, -0.2) is 0 Å². The van der Waals surface area contributed by atoms with Gasteiger partial charge in [0, 0.05) is 0 Å². The Morgan fingerprint density at radius 1 is 1.56 bits per heavy atom. The van der Waals surface area contributed by atoms with Crippen LogP contribution in [0.3, 0.4) is 0 Å². The van der Waals surface area contributed by atoms with Gasteiger partial charge in [0.05, 0.1) is 12.6 Å². The third-order valence-corrected chi connectivity index (χ3v) is 2.51. The molecule has 0 unspecified atom stereocenters. The van der Waals surface area contributed by atoms with Crippen molar-refractivity contribution < 1.29 is 4.74 Å². The molecule has 0 aromatic carbocycles. The Morgan fingerprint density at radius 2 is 2.25 bits per heavy atom. The molecule has 0 amide bonds. The number of hydrogen-bond acceptors (Lipinski definition) is 2. The summed E-state index contributed by atoms with van der Waals surface area (Å²) in [6.45, 7) is 10.2. The van der Waals surface area contributed by atoms with Gasteiger partial charge in [0.1, 0.15) is 11.5 Å². The Labute approximate surface area is 98.4 Å². The molecule has 1 rings (SSSR count). The highest BCUT2D eigenvalue weighted by molar-refractivity contribution is 6.13. The average molecular weight is 219 g/mol. The molecule has 0 fully saturated rings. The topological polar surface area (TPSA) is 21.6 Å². The summed E-state index contributed by atoms with van der Waals surface area (Å²) < 4.78 is 5.19. The first-order valence-electron chi connectivity index (χ1n) is 5.73. The van der Waals surface area contributed by atoms with Gasteiger partial charge < -0.3 is 4.74 Å². The van der Waals surface area contributed by atoms with E-state index in [9.17, 15) is 0 Å². The van der Waals surface area contributed by atoms with Crippen LogP contribution < -0.4 is 0 Å². The zero-order chi connectivity index (χ0) is 12.2. The molecule has 0 radical (unpaired) electrons. The number of ether oxygens (including phenoxy) is 1. The number of dihydropyridines is 1. The van der Waals surface area contributed by atoms with E-state index in [1.165, 1.54) is 0 Å². The van der Waals surface area contributed by atoms with Gasteiger partial charge in [-0.1, -0.05) is 38.2 Å². The van der Waals surface area contributed by atoms with Crippen LogP contribution in [0.5, 0.6) is 0 Å². The summed E-state index contributed by atoms with van der Waals surface area (Å²) in [6, 6.07) is 0. The predicted molar refractivity (Wildman–Crippen MR) is 69.8 cm³/mol. The fourth-order valence-corrected chi connectivity index (χ4v) is 1.55. The van der Waals surface area contributed by atoms with E-state index in [4.69, 9.17) is 4.74 Å². The monoisotopic (exact) mass is 219 g/mol. The normalized spacial score (nSPS) is 20.8. The molecule has 0 aromatic heterocycles. The van der Waals surface area contributed by atoms with Crippen molar-refractivity contribution in [3.63, 3.8) is 0 Å². The highest BCUT2D eigenvalue weighted by Gasteiger charge is 2.21. The minimum Gasteiger partial charge on any atom is -0.495 e. The summed E-state index contributed by atoms with van der Waals surface area (Å²) in [6.07, 6.45) is 8.60. The van der Waals surface area contributed by atoms with Gasteiger partial charge in [0.2, 0.25) is 0 Å². The van der Waals surface area contributed by atoms with Crippen molar-refractivity contribution in [3.8, 4) is 0 Å². The zero-order valence-corrected chi connectivity index (χ0v) is 10.7. The van der Waals surface area contributed by atoms with Crippen LogP contribution >= 0.6 is 0 Å². The SMILES string of the molecule is C=C(OC)C1=NC(C)(C)C=C/C1=C/CCC. The molecule has 0 aromatic rings. The van der Waals surface area contributed by atoms with Crippen molar-refractivity contribution in [1.29, 1.82) is 0 Å². The molecule has 0 aliphatic carbocycles. The molecule has 1 aliphatic rings. The summed E-state index contributed by atoms with van der Waals surface area (Å²) in [5, 5.41) is 0. The molecule has 1 aliphatic heterocycles. The highest BCUT2D eigenvalue weighted by Crippen LogP contribution is 2.24. The van der Waals surface area contributed by atoms with Crippen molar-refractivity contribution in [2.24, 2.45) is 4.99 Å². The number of aliphatic imine (C=N–C) groups is 1. The first kappa shape index (κ1) is 12.8. The van der Waals surface area contributed by atoms with Gasteiger partial charge in [0.15, 0.2) is 0 Å². The van der Waals surface area contributed by atoms with Crippen molar-refractivity contribution in [1.82, 2.24) is 0 Å². The van der Waals surface area contributed by atoms with E-state index in [-0.39, 0.29) is 5.54 Å². The van der Waals surface area contributed by atoms with Crippen LogP contribution in [0.2, 0.25) is 0 Å². The minimum absolute atomic E-state index is 0.166. The second-order valence-electron chi connectivity index (χ2n) is 4.52. The molecule has 2 heteroatoms. The minimum atomic E-state index is -0.166. The molecule has 0 spiro atoms. The lowest BCUT2D eigenvalue weighted by atomic mass is 9.95. The van der Waals surface area contributed by atoms with Crippen LogP contribution in [0.25, 0.3) is 0 Å². The fraction of sp³-hybridized carbons (Fsp3) is 0.500. The molecular weight excluding hydrogens is 198 g/mol. The summed E-state index contributed by atoms with van der Waals surface area (Å²) in [7, 11) is 1.63. The van der Waals surface area contributed by atoms with E-state index >= 15 is 0 Å². The van der Waals surface area contributed by atoms with Crippen LogP contribution in [0.15, 0.2) is 41.1 Å². The Balaban J connectivity index is 3.03. The van der Waals surface area contributed by atoms with Gasteiger partial charge in [0.25, 0.3) is 0 Å². The van der Waals surface area contributed by atoms with Gasteiger partial charge in [-0.15, -0.1) is 0 Å². The molecule has 2 nitrogen and oxygen atoms in total. The molecule has 1 heterocycles. The maximum atomic E-state index is 5.19. The Morgan fingerprint density at radius 3 is 2.81 bits per heavy atom. The van der Waals surface area contributed by atoms with Crippen LogP contribution in [-0.2, 0) is 4.74 Å². The van der Waals surface area contributed by atoms with Crippen LogP contribution in [0.4, 0.5) is 0 Å². The third kappa shape index (κ3) is 3.09. The number of methoxy groups -OCH3 is 1.